The first-order chi connectivity index (χ1) is 10.7. The van der Waals surface area contributed by atoms with Gasteiger partial charge in [0.25, 0.3) is 0 Å². The number of nitrogens with zero attached hydrogens (tertiary/aromatic N) is 3. The Morgan fingerprint density at radius 2 is 2.18 bits per heavy atom. The lowest BCUT2D eigenvalue weighted by atomic mass is 10.1. The van der Waals surface area contributed by atoms with Crippen molar-refractivity contribution >= 4 is 28.5 Å². The highest BCUT2D eigenvalue weighted by Gasteiger charge is 2.27. The van der Waals surface area contributed by atoms with E-state index in [-0.39, 0.29) is 11.9 Å². The highest BCUT2D eigenvalue weighted by atomic mass is 16.2. The molecule has 3 heterocycles. The summed E-state index contributed by atoms with van der Waals surface area (Å²) in [7, 11) is 0. The maximum Gasteiger partial charge on any atom is 0.328 e. The average Bonchev–Trinajstić information content (AvgIpc) is 3.16. The second kappa shape index (κ2) is 5.10. The number of carbonyl (C=O) groups is 2. The van der Waals surface area contributed by atoms with Crippen molar-refractivity contribution in [1.82, 2.24) is 20.4 Å². The predicted octanol–water partition coefficient (Wildman–Crippen LogP) is 1.02. The summed E-state index contributed by atoms with van der Waals surface area (Å²) in [4.78, 5) is 25.0. The Morgan fingerprint density at radius 3 is 2.95 bits per heavy atom. The third-order valence-electron chi connectivity index (χ3n) is 4.34. The summed E-state index contributed by atoms with van der Waals surface area (Å²) in [6, 6.07) is 5.85. The van der Waals surface area contributed by atoms with Crippen molar-refractivity contribution in [3.05, 3.63) is 24.4 Å². The molecule has 1 aromatic heterocycles. The number of rotatable bonds is 2. The van der Waals surface area contributed by atoms with E-state index < -0.39 is 0 Å². The van der Waals surface area contributed by atoms with E-state index in [0.29, 0.717) is 19.0 Å². The lowest BCUT2D eigenvalue weighted by Gasteiger charge is -2.27. The molecule has 7 nitrogen and oxygen atoms in total. The summed E-state index contributed by atoms with van der Waals surface area (Å²) in [6.07, 6.45) is 3.19. The maximum absolute atomic E-state index is 12.1. The summed E-state index contributed by atoms with van der Waals surface area (Å²) < 4.78 is 2.03. The smallest absolute Gasteiger partial charge is 0.315 e. The Bertz CT molecular complexity index is 747. The first-order valence-corrected chi connectivity index (χ1v) is 7.52. The third-order valence-corrected chi connectivity index (χ3v) is 4.34. The number of benzene rings is 1. The van der Waals surface area contributed by atoms with Crippen LogP contribution in [-0.2, 0) is 4.79 Å². The van der Waals surface area contributed by atoms with Crippen molar-refractivity contribution in [1.29, 1.82) is 0 Å². The number of carbonyl (C=O) groups excluding carboxylic acids is 2. The Labute approximate surface area is 127 Å². The third kappa shape index (κ3) is 2.05. The molecule has 1 atom stereocenters. The molecule has 22 heavy (non-hydrogen) atoms. The molecule has 2 fully saturated rings. The molecule has 7 heteroatoms. The molecular weight excluding hydrogens is 282 g/mol. The van der Waals surface area contributed by atoms with E-state index in [1.54, 1.807) is 4.90 Å². The van der Waals surface area contributed by atoms with E-state index in [1.165, 1.54) is 0 Å². The van der Waals surface area contributed by atoms with Crippen LogP contribution in [0.1, 0.15) is 18.9 Å². The van der Waals surface area contributed by atoms with Gasteiger partial charge in [-0.05, 0) is 25.1 Å². The van der Waals surface area contributed by atoms with Crippen molar-refractivity contribution in [3.63, 3.8) is 0 Å². The fourth-order valence-corrected chi connectivity index (χ4v) is 3.22. The predicted molar refractivity (Wildman–Crippen MR) is 81.8 cm³/mol. The molecule has 2 N–H and O–H groups in total. The van der Waals surface area contributed by atoms with Gasteiger partial charge in [-0.15, -0.1) is 0 Å². The number of imide groups is 1. The number of anilines is 1. The number of aromatic nitrogens is 2. The zero-order valence-electron chi connectivity index (χ0n) is 12.1. The Balaban J connectivity index is 1.76. The van der Waals surface area contributed by atoms with E-state index in [4.69, 9.17) is 0 Å². The van der Waals surface area contributed by atoms with Gasteiger partial charge in [0.15, 0.2) is 0 Å². The summed E-state index contributed by atoms with van der Waals surface area (Å²) in [5.74, 6) is -0.221. The van der Waals surface area contributed by atoms with Crippen LogP contribution >= 0.6 is 0 Å². The van der Waals surface area contributed by atoms with Crippen molar-refractivity contribution in [3.8, 4) is 0 Å². The monoisotopic (exact) mass is 299 g/mol. The molecule has 0 aliphatic carbocycles. The van der Waals surface area contributed by atoms with Gasteiger partial charge in [0, 0.05) is 24.9 Å². The molecule has 2 aromatic rings. The van der Waals surface area contributed by atoms with Crippen LogP contribution in [0.2, 0.25) is 0 Å². The summed E-state index contributed by atoms with van der Waals surface area (Å²) in [5, 5.41) is 11.2. The molecule has 114 valence electrons. The molecule has 0 bridgehead atoms. The van der Waals surface area contributed by atoms with Crippen molar-refractivity contribution in [2.45, 2.75) is 18.9 Å². The number of hydrogen-bond acceptors (Lipinski definition) is 4. The van der Waals surface area contributed by atoms with Crippen LogP contribution in [0.3, 0.4) is 0 Å². The summed E-state index contributed by atoms with van der Waals surface area (Å²) >= 11 is 0. The molecule has 0 saturated carbocycles. The van der Waals surface area contributed by atoms with Crippen LogP contribution in [0, 0.1) is 0 Å². The largest absolute Gasteiger partial charge is 0.328 e. The van der Waals surface area contributed by atoms with Gasteiger partial charge < -0.3 is 5.32 Å². The Kier molecular flexibility index (Phi) is 3.07. The van der Waals surface area contributed by atoms with Crippen LogP contribution in [0.25, 0.3) is 10.9 Å². The van der Waals surface area contributed by atoms with Crippen molar-refractivity contribution in [2.24, 2.45) is 0 Å². The minimum absolute atomic E-state index is 0.221. The zero-order chi connectivity index (χ0) is 15.1. The van der Waals surface area contributed by atoms with Gasteiger partial charge in [0.05, 0.1) is 23.4 Å². The average molecular weight is 299 g/mol. The quantitative estimate of drug-likeness (QED) is 0.867. The second-order valence-electron chi connectivity index (χ2n) is 5.70. The van der Waals surface area contributed by atoms with E-state index in [9.17, 15) is 9.59 Å². The van der Waals surface area contributed by atoms with Gasteiger partial charge >= 0.3 is 6.03 Å². The van der Waals surface area contributed by atoms with E-state index in [2.05, 4.69) is 15.7 Å². The van der Waals surface area contributed by atoms with Gasteiger partial charge in [-0.1, -0.05) is 6.07 Å². The van der Waals surface area contributed by atoms with E-state index in [0.717, 1.165) is 36.1 Å². The topological polar surface area (TPSA) is 79.3 Å². The minimum Gasteiger partial charge on any atom is -0.315 e. The Hall–Kier alpha value is -2.41. The molecule has 2 aliphatic heterocycles. The first kappa shape index (κ1) is 13.3. The highest BCUT2D eigenvalue weighted by molar-refractivity contribution is 6.09. The zero-order valence-corrected chi connectivity index (χ0v) is 12.1. The lowest BCUT2D eigenvalue weighted by Crippen LogP contribution is -2.49. The highest BCUT2D eigenvalue weighted by Crippen LogP contribution is 2.30. The van der Waals surface area contributed by atoms with Gasteiger partial charge in [-0.2, -0.15) is 5.10 Å². The van der Waals surface area contributed by atoms with Crippen LogP contribution < -0.4 is 15.5 Å². The number of urea groups is 1. The standard InChI is InChI=1S/C15H17N5O2/c21-14-5-7-19(15(22)18-14)12-2-1-3-13-11(12)9-17-20(13)10-4-6-16-8-10/h1-3,9-10,16H,4-8H2,(H,18,21,22)/t10-/m1/s1. The van der Waals surface area contributed by atoms with Crippen LogP contribution in [0.5, 0.6) is 0 Å². The van der Waals surface area contributed by atoms with E-state index in [1.807, 2.05) is 29.1 Å². The second-order valence-corrected chi connectivity index (χ2v) is 5.70. The van der Waals surface area contributed by atoms with Crippen LogP contribution in [-0.4, -0.2) is 41.4 Å². The molecule has 0 unspecified atom stereocenters. The number of hydrogen-bond donors (Lipinski definition) is 2. The van der Waals surface area contributed by atoms with Crippen LogP contribution in [0.15, 0.2) is 24.4 Å². The van der Waals surface area contributed by atoms with Crippen molar-refractivity contribution < 1.29 is 9.59 Å². The number of nitrogens with one attached hydrogen (secondary N) is 2. The maximum atomic E-state index is 12.1. The number of fused-ring (bicyclic) bond motifs is 1. The minimum atomic E-state index is -0.362. The molecular formula is C15H17N5O2. The normalized spacial score (nSPS) is 22.4. The van der Waals surface area contributed by atoms with Crippen LogP contribution in [0.4, 0.5) is 10.5 Å². The molecule has 3 amide bonds. The molecule has 2 aliphatic rings. The summed E-state index contributed by atoms with van der Waals surface area (Å²) in [5.41, 5.74) is 1.83. The first-order valence-electron chi connectivity index (χ1n) is 7.52. The molecule has 2 saturated heterocycles. The Morgan fingerprint density at radius 1 is 1.27 bits per heavy atom. The molecule has 0 spiro atoms. The molecule has 4 rings (SSSR count). The summed E-state index contributed by atoms with van der Waals surface area (Å²) in [6.45, 7) is 2.32. The van der Waals surface area contributed by atoms with Crippen molar-refractivity contribution in [2.75, 3.05) is 24.5 Å². The fraction of sp³-hybridized carbons (Fsp3) is 0.400. The molecule has 0 radical (unpaired) electrons. The van der Waals surface area contributed by atoms with Gasteiger partial charge in [0.1, 0.15) is 0 Å². The van der Waals surface area contributed by atoms with E-state index >= 15 is 0 Å². The SMILES string of the molecule is O=C1CCN(c2cccc3c2cnn3[C@@H]2CCNC2)C(=O)N1. The molecule has 1 aromatic carbocycles. The number of amides is 3. The van der Waals surface area contributed by atoms with Gasteiger partial charge in [0.2, 0.25) is 5.91 Å². The fourth-order valence-electron chi connectivity index (χ4n) is 3.22. The van der Waals surface area contributed by atoms with Gasteiger partial charge in [-0.25, -0.2) is 4.79 Å². The van der Waals surface area contributed by atoms with Gasteiger partial charge in [-0.3, -0.25) is 19.7 Å². The lowest BCUT2D eigenvalue weighted by molar-refractivity contribution is -0.120.